The van der Waals surface area contributed by atoms with Crippen LogP contribution in [0.25, 0.3) is 0 Å². The average Bonchev–Trinajstić information content (AvgIpc) is 3.22. The van der Waals surface area contributed by atoms with Crippen molar-refractivity contribution in [2.45, 2.75) is 30.4 Å². The zero-order chi connectivity index (χ0) is 17.8. The molecule has 0 unspecified atom stereocenters. The molecule has 0 radical (unpaired) electrons. The van der Waals surface area contributed by atoms with Gasteiger partial charge >= 0.3 is 0 Å². The minimum atomic E-state index is -0.0605. The maximum Gasteiger partial charge on any atom is 0.230 e. The first-order chi connectivity index (χ1) is 12.1. The number of nitrogen functional groups attached to an aromatic ring is 1. The van der Waals surface area contributed by atoms with E-state index in [0.717, 1.165) is 22.1 Å². The second-order valence-electron chi connectivity index (χ2n) is 5.19. The van der Waals surface area contributed by atoms with E-state index in [4.69, 9.17) is 5.73 Å². The van der Waals surface area contributed by atoms with Gasteiger partial charge in [-0.1, -0.05) is 42.2 Å². The lowest BCUT2D eigenvalue weighted by Gasteiger charge is -2.18. The van der Waals surface area contributed by atoms with Crippen LogP contribution in [0, 0.1) is 0 Å². The zero-order valence-corrected chi connectivity index (χ0v) is 16.2. The highest BCUT2D eigenvalue weighted by molar-refractivity contribution is 8.00. The van der Waals surface area contributed by atoms with Crippen LogP contribution in [0.4, 0.5) is 16.0 Å². The summed E-state index contributed by atoms with van der Waals surface area (Å²) in [6, 6.07) is 7.99. The SMILES string of the molecule is CCc1ccc(N(C(C)=O)c2nc(CSc3nnc(N)s3)cs2)cc1. The topological polar surface area (TPSA) is 85.0 Å². The summed E-state index contributed by atoms with van der Waals surface area (Å²) in [7, 11) is 0. The molecule has 2 aromatic heterocycles. The molecule has 1 amide bonds. The Morgan fingerprint density at radius 3 is 2.64 bits per heavy atom. The molecule has 25 heavy (non-hydrogen) atoms. The highest BCUT2D eigenvalue weighted by Crippen LogP contribution is 2.32. The van der Waals surface area contributed by atoms with Gasteiger partial charge in [-0.3, -0.25) is 9.69 Å². The Kier molecular flexibility index (Phi) is 5.67. The van der Waals surface area contributed by atoms with Crippen molar-refractivity contribution in [2.75, 3.05) is 10.6 Å². The minimum Gasteiger partial charge on any atom is -0.374 e. The highest BCUT2D eigenvalue weighted by Gasteiger charge is 2.18. The molecule has 1 aromatic carbocycles. The molecule has 0 fully saturated rings. The second kappa shape index (κ2) is 7.94. The van der Waals surface area contributed by atoms with Crippen molar-refractivity contribution in [2.24, 2.45) is 0 Å². The van der Waals surface area contributed by atoms with Gasteiger partial charge in [-0.25, -0.2) is 4.98 Å². The van der Waals surface area contributed by atoms with E-state index in [2.05, 4.69) is 22.1 Å². The summed E-state index contributed by atoms with van der Waals surface area (Å²) < 4.78 is 0.811. The molecule has 6 nitrogen and oxygen atoms in total. The molecule has 0 saturated carbocycles. The van der Waals surface area contributed by atoms with E-state index in [1.54, 1.807) is 11.8 Å². The fourth-order valence-corrected chi connectivity index (χ4v) is 4.71. The van der Waals surface area contributed by atoms with Crippen molar-refractivity contribution in [3.8, 4) is 0 Å². The Morgan fingerprint density at radius 1 is 1.28 bits per heavy atom. The van der Waals surface area contributed by atoms with Crippen molar-refractivity contribution >= 4 is 56.3 Å². The highest BCUT2D eigenvalue weighted by atomic mass is 32.2. The fourth-order valence-electron chi connectivity index (χ4n) is 2.19. The van der Waals surface area contributed by atoms with Crippen LogP contribution >= 0.6 is 34.4 Å². The van der Waals surface area contributed by atoms with E-state index in [1.807, 2.05) is 29.6 Å². The first kappa shape index (κ1) is 17.8. The van der Waals surface area contributed by atoms with Crippen molar-refractivity contribution < 1.29 is 4.79 Å². The molecular formula is C16H17N5OS3. The Balaban J connectivity index is 1.75. The van der Waals surface area contributed by atoms with Gasteiger partial charge in [0.05, 0.1) is 11.4 Å². The maximum absolute atomic E-state index is 12.1. The monoisotopic (exact) mass is 391 g/mol. The number of anilines is 3. The molecule has 2 heterocycles. The number of nitrogens with zero attached hydrogens (tertiary/aromatic N) is 4. The van der Waals surface area contributed by atoms with Crippen LogP contribution in [0.1, 0.15) is 25.1 Å². The van der Waals surface area contributed by atoms with E-state index in [-0.39, 0.29) is 5.91 Å². The Morgan fingerprint density at radius 2 is 2.04 bits per heavy atom. The predicted molar refractivity (Wildman–Crippen MR) is 105 cm³/mol. The number of carbonyl (C=O) groups excluding carboxylic acids is 1. The molecular weight excluding hydrogens is 374 g/mol. The number of hydrogen-bond donors (Lipinski definition) is 1. The quantitative estimate of drug-likeness (QED) is 0.636. The van der Waals surface area contributed by atoms with Crippen LogP contribution in [0.15, 0.2) is 34.0 Å². The molecule has 0 aliphatic rings. The zero-order valence-electron chi connectivity index (χ0n) is 13.8. The number of aryl methyl sites for hydroxylation is 1. The third-order valence-electron chi connectivity index (χ3n) is 3.41. The standard InChI is InChI=1S/C16H17N5OS3/c1-3-11-4-6-13(7-5-11)21(10(2)22)15-18-12(8-23-15)9-24-16-20-19-14(17)25-16/h4-8H,3,9H2,1-2H3,(H2,17,19). The van der Waals surface area contributed by atoms with E-state index in [0.29, 0.717) is 16.0 Å². The summed E-state index contributed by atoms with van der Waals surface area (Å²) in [4.78, 5) is 18.4. The second-order valence-corrected chi connectivity index (χ2v) is 8.26. The van der Waals surface area contributed by atoms with Gasteiger partial charge in [0.2, 0.25) is 11.0 Å². The van der Waals surface area contributed by atoms with Crippen molar-refractivity contribution in [1.29, 1.82) is 0 Å². The first-order valence-electron chi connectivity index (χ1n) is 7.62. The average molecular weight is 392 g/mol. The third kappa shape index (κ3) is 4.36. The summed E-state index contributed by atoms with van der Waals surface area (Å²) in [5.41, 5.74) is 8.55. The van der Waals surface area contributed by atoms with Gasteiger partial charge in [-0.15, -0.1) is 21.5 Å². The smallest absolute Gasteiger partial charge is 0.230 e. The normalized spacial score (nSPS) is 10.8. The molecule has 3 aromatic rings. The van der Waals surface area contributed by atoms with Crippen LogP contribution in [0.2, 0.25) is 0 Å². The number of rotatable bonds is 6. The lowest BCUT2D eigenvalue weighted by molar-refractivity contribution is -0.115. The number of aromatic nitrogens is 3. The number of hydrogen-bond acceptors (Lipinski definition) is 8. The van der Waals surface area contributed by atoms with Crippen LogP contribution in [0.5, 0.6) is 0 Å². The van der Waals surface area contributed by atoms with Crippen molar-refractivity contribution in [3.05, 3.63) is 40.9 Å². The van der Waals surface area contributed by atoms with Gasteiger partial charge in [0.1, 0.15) is 0 Å². The summed E-state index contributed by atoms with van der Waals surface area (Å²) >= 11 is 4.34. The molecule has 130 valence electrons. The molecule has 2 N–H and O–H groups in total. The number of benzene rings is 1. The lowest BCUT2D eigenvalue weighted by Crippen LogP contribution is -2.22. The molecule has 9 heteroatoms. The van der Waals surface area contributed by atoms with Gasteiger partial charge in [-0.2, -0.15) is 0 Å². The van der Waals surface area contributed by atoms with Gasteiger partial charge in [0.25, 0.3) is 0 Å². The predicted octanol–water partition coefficient (Wildman–Crippen LogP) is 4.12. The Labute approximate surface area is 158 Å². The fraction of sp³-hybridized carbons (Fsp3) is 0.250. The first-order valence-corrected chi connectivity index (χ1v) is 10.3. The molecule has 0 bridgehead atoms. The summed E-state index contributed by atoms with van der Waals surface area (Å²) in [6.07, 6.45) is 0.967. The summed E-state index contributed by atoms with van der Waals surface area (Å²) in [5.74, 6) is 0.598. The van der Waals surface area contributed by atoms with E-state index >= 15 is 0 Å². The number of amides is 1. The summed E-state index contributed by atoms with van der Waals surface area (Å²) in [5, 5.41) is 10.9. The minimum absolute atomic E-state index is 0.0605. The summed E-state index contributed by atoms with van der Waals surface area (Å²) in [6.45, 7) is 3.65. The van der Waals surface area contributed by atoms with Gasteiger partial charge in [0, 0.05) is 18.1 Å². The molecule has 0 aliphatic heterocycles. The van der Waals surface area contributed by atoms with E-state index in [1.165, 1.54) is 40.0 Å². The van der Waals surface area contributed by atoms with Gasteiger partial charge in [0.15, 0.2) is 9.47 Å². The molecule has 0 saturated heterocycles. The third-order valence-corrected chi connectivity index (χ3v) is 6.21. The molecule has 3 rings (SSSR count). The van der Waals surface area contributed by atoms with Crippen LogP contribution in [0.3, 0.4) is 0 Å². The molecule has 0 spiro atoms. The van der Waals surface area contributed by atoms with E-state index < -0.39 is 0 Å². The van der Waals surface area contributed by atoms with Crippen molar-refractivity contribution in [3.63, 3.8) is 0 Å². The Hall–Kier alpha value is -1.97. The van der Waals surface area contributed by atoms with Crippen LogP contribution in [-0.2, 0) is 17.0 Å². The van der Waals surface area contributed by atoms with Crippen LogP contribution < -0.4 is 10.6 Å². The Bertz CT molecular complexity index is 859. The lowest BCUT2D eigenvalue weighted by atomic mass is 10.1. The van der Waals surface area contributed by atoms with Gasteiger partial charge in [-0.05, 0) is 24.1 Å². The van der Waals surface area contributed by atoms with E-state index in [9.17, 15) is 4.79 Å². The number of nitrogens with two attached hydrogens (primary N) is 1. The number of thiazole rings is 1. The maximum atomic E-state index is 12.1. The number of thioether (sulfide) groups is 1. The molecule has 0 aliphatic carbocycles. The number of carbonyl (C=O) groups is 1. The van der Waals surface area contributed by atoms with Crippen LogP contribution in [-0.4, -0.2) is 21.1 Å². The largest absolute Gasteiger partial charge is 0.374 e. The van der Waals surface area contributed by atoms with Gasteiger partial charge < -0.3 is 5.73 Å². The van der Waals surface area contributed by atoms with Crippen molar-refractivity contribution in [1.82, 2.24) is 15.2 Å². The molecule has 0 atom stereocenters.